The smallest absolute Gasteiger partial charge is 0.0466 e. The highest BCUT2D eigenvalue weighted by atomic mass is 16.5. The van der Waals surface area contributed by atoms with Crippen LogP contribution >= 0.6 is 0 Å². The quantitative estimate of drug-likeness (QED) is 0.732. The Hall–Kier alpha value is -0.860. The van der Waals surface area contributed by atoms with E-state index in [9.17, 15) is 0 Å². The molecule has 1 atom stereocenters. The summed E-state index contributed by atoms with van der Waals surface area (Å²) in [4.78, 5) is 0. The summed E-state index contributed by atoms with van der Waals surface area (Å²) in [6, 6.07) is 7.20. The van der Waals surface area contributed by atoms with Gasteiger partial charge in [-0.3, -0.25) is 0 Å². The molecule has 1 N–H and O–H groups in total. The van der Waals surface area contributed by atoms with E-state index in [1.54, 1.807) is 0 Å². The molecule has 0 bridgehead atoms. The summed E-state index contributed by atoms with van der Waals surface area (Å²) < 4.78 is 5.38. The van der Waals surface area contributed by atoms with Crippen LogP contribution in [-0.4, -0.2) is 20.3 Å². The van der Waals surface area contributed by atoms with Crippen LogP contribution in [0.25, 0.3) is 0 Å². The van der Waals surface area contributed by atoms with Gasteiger partial charge in [0.05, 0.1) is 0 Å². The zero-order valence-corrected chi connectivity index (χ0v) is 11.5. The van der Waals surface area contributed by atoms with Crippen molar-refractivity contribution in [1.82, 2.24) is 5.32 Å². The van der Waals surface area contributed by atoms with Gasteiger partial charge in [-0.15, -0.1) is 0 Å². The molecule has 96 valence electrons. The highest BCUT2D eigenvalue weighted by molar-refractivity contribution is 5.30. The number of rotatable bonds is 7. The predicted molar refractivity (Wildman–Crippen MR) is 73.4 cm³/mol. The third-order valence-electron chi connectivity index (χ3n) is 2.98. The predicted octanol–water partition coefficient (Wildman–Crippen LogP) is 3.38. The van der Waals surface area contributed by atoms with Crippen molar-refractivity contribution in [3.63, 3.8) is 0 Å². The van der Waals surface area contributed by atoms with E-state index in [1.165, 1.54) is 16.7 Å². The molecule has 0 aromatic heterocycles. The molecule has 0 saturated heterocycles. The second kappa shape index (κ2) is 7.46. The lowest BCUT2D eigenvalue weighted by Gasteiger charge is -2.18. The molecule has 1 aromatic rings. The lowest BCUT2D eigenvalue weighted by molar-refractivity contribution is 0.141. The van der Waals surface area contributed by atoms with Gasteiger partial charge in [0.25, 0.3) is 0 Å². The molecule has 0 fully saturated rings. The first-order chi connectivity index (χ1) is 8.17. The first-order valence-electron chi connectivity index (χ1n) is 6.50. The average molecular weight is 235 g/mol. The Morgan fingerprint density at radius 3 is 2.35 bits per heavy atom. The zero-order chi connectivity index (χ0) is 12.7. The van der Waals surface area contributed by atoms with Crippen LogP contribution in [0.1, 0.15) is 42.5 Å². The Morgan fingerprint density at radius 1 is 1.18 bits per heavy atom. The molecule has 0 radical (unpaired) electrons. The second-order valence-corrected chi connectivity index (χ2v) is 4.60. The number of nitrogens with one attached hydrogen (secondary N) is 1. The SMILES string of the molecule is CCOCCCC(NC)c1cc(C)cc(C)c1. The van der Waals surface area contributed by atoms with Gasteiger partial charge in [0.2, 0.25) is 0 Å². The standard InChI is InChI=1S/C15H25NO/c1-5-17-8-6-7-15(16-4)14-10-12(2)9-13(3)11-14/h9-11,15-16H,5-8H2,1-4H3. The molecule has 0 aliphatic heterocycles. The molecule has 0 amide bonds. The summed E-state index contributed by atoms with van der Waals surface area (Å²) in [7, 11) is 2.03. The van der Waals surface area contributed by atoms with Crippen LogP contribution < -0.4 is 5.32 Å². The van der Waals surface area contributed by atoms with Crippen molar-refractivity contribution in [2.45, 2.75) is 39.7 Å². The second-order valence-electron chi connectivity index (χ2n) is 4.60. The van der Waals surface area contributed by atoms with E-state index in [-0.39, 0.29) is 0 Å². The van der Waals surface area contributed by atoms with Gasteiger partial charge >= 0.3 is 0 Å². The van der Waals surface area contributed by atoms with E-state index in [0.29, 0.717) is 6.04 Å². The van der Waals surface area contributed by atoms with E-state index in [0.717, 1.165) is 26.1 Å². The van der Waals surface area contributed by atoms with E-state index in [2.05, 4.69) is 37.4 Å². The van der Waals surface area contributed by atoms with Gasteiger partial charge in [-0.2, -0.15) is 0 Å². The molecular weight excluding hydrogens is 210 g/mol. The lowest BCUT2D eigenvalue weighted by atomic mass is 9.98. The fourth-order valence-corrected chi connectivity index (χ4v) is 2.22. The van der Waals surface area contributed by atoms with Gasteiger partial charge in [-0.1, -0.05) is 29.3 Å². The summed E-state index contributed by atoms with van der Waals surface area (Å²) in [5.74, 6) is 0. The first-order valence-corrected chi connectivity index (χ1v) is 6.50. The van der Waals surface area contributed by atoms with Gasteiger partial charge in [0.15, 0.2) is 0 Å². The molecule has 17 heavy (non-hydrogen) atoms. The van der Waals surface area contributed by atoms with Crippen molar-refractivity contribution in [2.24, 2.45) is 0 Å². The summed E-state index contributed by atoms with van der Waals surface area (Å²) in [5.41, 5.74) is 4.07. The average Bonchev–Trinajstić information content (AvgIpc) is 2.28. The largest absolute Gasteiger partial charge is 0.382 e. The van der Waals surface area contributed by atoms with Gasteiger partial charge in [-0.25, -0.2) is 0 Å². The highest BCUT2D eigenvalue weighted by Crippen LogP contribution is 2.20. The van der Waals surface area contributed by atoms with Crippen molar-refractivity contribution in [1.29, 1.82) is 0 Å². The minimum absolute atomic E-state index is 0.439. The molecular formula is C15H25NO. The van der Waals surface area contributed by atoms with Crippen molar-refractivity contribution < 1.29 is 4.74 Å². The fraction of sp³-hybridized carbons (Fsp3) is 0.600. The summed E-state index contributed by atoms with van der Waals surface area (Å²) in [5, 5.41) is 3.39. The molecule has 1 aromatic carbocycles. The van der Waals surface area contributed by atoms with Crippen LogP contribution in [0.4, 0.5) is 0 Å². The first kappa shape index (κ1) is 14.2. The van der Waals surface area contributed by atoms with Crippen LogP contribution in [0.2, 0.25) is 0 Å². The van der Waals surface area contributed by atoms with E-state index in [4.69, 9.17) is 4.74 Å². The molecule has 0 heterocycles. The van der Waals surface area contributed by atoms with Crippen molar-refractivity contribution >= 4 is 0 Å². The highest BCUT2D eigenvalue weighted by Gasteiger charge is 2.09. The minimum atomic E-state index is 0.439. The van der Waals surface area contributed by atoms with Crippen molar-refractivity contribution in [2.75, 3.05) is 20.3 Å². The molecule has 0 saturated carbocycles. The number of ether oxygens (including phenoxy) is 1. The third-order valence-corrected chi connectivity index (χ3v) is 2.98. The molecule has 2 heteroatoms. The third kappa shape index (κ3) is 4.88. The number of hydrogen-bond acceptors (Lipinski definition) is 2. The maximum absolute atomic E-state index is 5.38. The molecule has 0 spiro atoms. The Labute approximate surface area is 105 Å². The van der Waals surface area contributed by atoms with Gasteiger partial charge in [-0.05, 0) is 46.2 Å². The van der Waals surface area contributed by atoms with Gasteiger partial charge < -0.3 is 10.1 Å². The molecule has 0 aliphatic rings. The number of hydrogen-bond donors (Lipinski definition) is 1. The maximum atomic E-state index is 5.38. The Bertz CT molecular complexity index is 315. The zero-order valence-electron chi connectivity index (χ0n) is 11.5. The molecule has 1 rings (SSSR count). The number of aryl methyl sites for hydroxylation is 2. The number of benzene rings is 1. The van der Waals surface area contributed by atoms with Crippen LogP contribution in [0.5, 0.6) is 0 Å². The summed E-state index contributed by atoms with van der Waals surface area (Å²) in [6.07, 6.45) is 2.23. The van der Waals surface area contributed by atoms with Crippen LogP contribution in [-0.2, 0) is 4.74 Å². The minimum Gasteiger partial charge on any atom is -0.382 e. The lowest BCUT2D eigenvalue weighted by Crippen LogP contribution is -2.17. The topological polar surface area (TPSA) is 21.3 Å². The Kier molecular flexibility index (Phi) is 6.23. The molecule has 2 nitrogen and oxygen atoms in total. The normalized spacial score (nSPS) is 12.7. The summed E-state index contributed by atoms with van der Waals surface area (Å²) in [6.45, 7) is 8.03. The molecule has 0 aliphatic carbocycles. The van der Waals surface area contributed by atoms with Gasteiger partial charge in [0, 0.05) is 19.3 Å². The van der Waals surface area contributed by atoms with Crippen molar-refractivity contribution in [3.05, 3.63) is 34.9 Å². The summed E-state index contributed by atoms with van der Waals surface area (Å²) >= 11 is 0. The Morgan fingerprint density at radius 2 is 1.82 bits per heavy atom. The Balaban J connectivity index is 2.59. The van der Waals surface area contributed by atoms with E-state index >= 15 is 0 Å². The maximum Gasteiger partial charge on any atom is 0.0466 e. The van der Waals surface area contributed by atoms with E-state index in [1.807, 2.05) is 14.0 Å². The van der Waals surface area contributed by atoms with Crippen LogP contribution in [0, 0.1) is 13.8 Å². The monoisotopic (exact) mass is 235 g/mol. The van der Waals surface area contributed by atoms with E-state index < -0.39 is 0 Å². The van der Waals surface area contributed by atoms with Crippen LogP contribution in [0.15, 0.2) is 18.2 Å². The van der Waals surface area contributed by atoms with Crippen LogP contribution in [0.3, 0.4) is 0 Å². The van der Waals surface area contributed by atoms with Gasteiger partial charge in [0.1, 0.15) is 0 Å². The molecule has 1 unspecified atom stereocenters. The van der Waals surface area contributed by atoms with Crippen molar-refractivity contribution in [3.8, 4) is 0 Å². The fourth-order valence-electron chi connectivity index (χ4n) is 2.22.